The molecule has 4 aromatic rings. The average Bonchev–Trinajstić information content (AvgIpc) is 3.17. The fourth-order valence-corrected chi connectivity index (χ4v) is 5.02. The molecule has 1 aromatic carbocycles. The van der Waals surface area contributed by atoms with Gasteiger partial charge in [0.05, 0.1) is 16.8 Å². The lowest BCUT2D eigenvalue weighted by Crippen LogP contribution is -2.52. The predicted octanol–water partition coefficient (Wildman–Crippen LogP) is 3.79. The van der Waals surface area contributed by atoms with Gasteiger partial charge in [0, 0.05) is 50.3 Å². The Morgan fingerprint density at radius 3 is 2.56 bits per heavy atom. The molecule has 4 heterocycles. The zero-order valence-corrected chi connectivity index (χ0v) is 18.5. The first-order valence-electron chi connectivity index (χ1n) is 11.5. The van der Waals surface area contributed by atoms with Gasteiger partial charge in [0.2, 0.25) is 0 Å². The Morgan fingerprint density at radius 2 is 1.81 bits per heavy atom. The van der Waals surface area contributed by atoms with Gasteiger partial charge in [-0.3, -0.25) is 9.88 Å². The number of imidazole rings is 1. The van der Waals surface area contributed by atoms with E-state index in [1.807, 2.05) is 48.8 Å². The molecule has 0 atom stereocenters. The molecule has 1 saturated heterocycles. The van der Waals surface area contributed by atoms with Crippen LogP contribution in [-0.4, -0.2) is 51.5 Å². The van der Waals surface area contributed by atoms with Gasteiger partial charge in [0.25, 0.3) is 0 Å². The fourth-order valence-electron chi connectivity index (χ4n) is 5.02. The SMILES string of the molecule is Cc1cn2cc(-c3cc4ccc(N5CCN(C6CCC6)CC5)cc4c(=O)o3)nc2c(C)n1. The van der Waals surface area contributed by atoms with Crippen LogP contribution in [0.3, 0.4) is 0 Å². The lowest BCUT2D eigenvalue weighted by molar-refractivity contribution is 0.120. The Labute approximate surface area is 186 Å². The molecule has 3 aromatic heterocycles. The summed E-state index contributed by atoms with van der Waals surface area (Å²) in [6.07, 6.45) is 7.88. The predicted molar refractivity (Wildman–Crippen MR) is 125 cm³/mol. The number of benzene rings is 1. The second-order valence-electron chi connectivity index (χ2n) is 9.10. The maximum atomic E-state index is 12.9. The maximum absolute atomic E-state index is 12.9. The first-order chi connectivity index (χ1) is 15.5. The van der Waals surface area contributed by atoms with Crippen molar-refractivity contribution in [1.29, 1.82) is 0 Å². The minimum atomic E-state index is -0.324. The van der Waals surface area contributed by atoms with Crippen molar-refractivity contribution in [3.05, 3.63) is 58.5 Å². The van der Waals surface area contributed by atoms with Crippen LogP contribution in [-0.2, 0) is 0 Å². The molecule has 2 aliphatic rings. The number of aryl methyl sites for hydroxylation is 2. The number of fused-ring (bicyclic) bond motifs is 2. The summed E-state index contributed by atoms with van der Waals surface area (Å²) in [5, 5.41) is 1.49. The third-order valence-corrected chi connectivity index (χ3v) is 6.99. The number of aromatic nitrogens is 3. The van der Waals surface area contributed by atoms with E-state index >= 15 is 0 Å². The normalized spacial score (nSPS) is 17.9. The number of rotatable bonds is 3. The van der Waals surface area contributed by atoms with Crippen LogP contribution >= 0.6 is 0 Å². The minimum Gasteiger partial charge on any atom is -0.421 e. The minimum absolute atomic E-state index is 0.324. The smallest absolute Gasteiger partial charge is 0.344 e. The van der Waals surface area contributed by atoms with Gasteiger partial charge in [-0.15, -0.1) is 0 Å². The van der Waals surface area contributed by atoms with Crippen molar-refractivity contribution in [2.45, 2.75) is 39.2 Å². The van der Waals surface area contributed by atoms with Gasteiger partial charge in [0.1, 0.15) is 5.69 Å². The Kier molecular flexibility index (Phi) is 4.54. The molecule has 164 valence electrons. The number of hydrogen-bond donors (Lipinski definition) is 0. The highest BCUT2D eigenvalue weighted by Crippen LogP contribution is 2.29. The molecular formula is C25H27N5O2. The molecule has 0 amide bonds. The van der Waals surface area contributed by atoms with E-state index in [9.17, 15) is 4.79 Å². The fraction of sp³-hybridized carbons (Fsp3) is 0.400. The first kappa shape index (κ1) is 19.5. The van der Waals surface area contributed by atoms with Crippen LogP contribution in [0.5, 0.6) is 0 Å². The van der Waals surface area contributed by atoms with Crippen LogP contribution < -0.4 is 10.5 Å². The quantitative estimate of drug-likeness (QED) is 0.494. The molecule has 0 bridgehead atoms. The molecule has 32 heavy (non-hydrogen) atoms. The van der Waals surface area contributed by atoms with E-state index in [1.165, 1.54) is 19.3 Å². The van der Waals surface area contributed by atoms with Crippen molar-refractivity contribution >= 4 is 22.1 Å². The lowest BCUT2D eigenvalue weighted by atomic mass is 9.91. The van der Waals surface area contributed by atoms with Crippen LogP contribution in [0.1, 0.15) is 30.7 Å². The highest BCUT2D eigenvalue weighted by molar-refractivity contribution is 5.87. The largest absolute Gasteiger partial charge is 0.421 e. The van der Waals surface area contributed by atoms with Gasteiger partial charge in [-0.2, -0.15) is 0 Å². The first-order valence-corrected chi connectivity index (χ1v) is 11.5. The zero-order chi connectivity index (χ0) is 21.8. The van der Waals surface area contributed by atoms with Crippen molar-refractivity contribution in [3.63, 3.8) is 0 Å². The van der Waals surface area contributed by atoms with Crippen molar-refractivity contribution in [2.24, 2.45) is 0 Å². The summed E-state index contributed by atoms with van der Waals surface area (Å²) >= 11 is 0. The second-order valence-corrected chi connectivity index (χ2v) is 9.10. The number of hydrogen-bond acceptors (Lipinski definition) is 6. The third kappa shape index (κ3) is 3.28. The molecule has 0 radical (unpaired) electrons. The summed E-state index contributed by atoms with van der Waals surface area (Å²) in [6, 6.07) is 8.82. The van der Waals surface area contributed by atoms with Gasteiger partial charge in [-0.25, -0.2) is 9.78 Å². The van der Waals surface area contributed by atoms with Crippen LogP contribution in [0.15, 0.2) is 45.9 Å². The number of piperazine rings is 1. The van der Waals surface area contributed by atoms with E-state index in [0.29, 0.717) is 16.8 Å². The molecule has 2 fully saturated rings. The molecule has 1 aliphatic carbocycles. The number of anilines is 1. The summed E-state index contributed by atoms with van der Waals surface area (Å²) in [7, 11) is 0. The van der Waals surface area contributed by atoms with Crippen LogP contribution in [0.4, 0.5) is 5.69 Å². The average molecular weight is 430 g/mol. The topological polar surface area (TPSA) is 66.9 Å². The monoisotopic (exact) mass is 429 g/mol. The highest BCUT2D eigenvalue weighted by atomic mass is 16.4. The summed E-state index contributed by atoms with van der Waals surface area (Å²) in [4.78, 5) is 27.0. The van der Waals surface area contributed by atoms with Crippen molar-refractivity contribution < 1.29 is 4.42 Å². The van der Waals surface area contributed by atoms with E-state index in [4.69, 9.17) is 4.42 Å². The van der Waals surface area contributed by atoms with Crippen molar-refractivity contribution in [2.75, 3.05) is 31.1 Å². The standard InChI is InChI=1S/C25H27N5O2/c1-16-14-30-15-22(27-24(30)17(2)26-16)23-12-18-6-7-20(13-21(18)25(31)32-23)29-10-8-28(9-11-29)19-4-3-5-19/h6-7,12-15,19H,3-5,8-11H2,1-2H3. The number of nitrogens with zero attached hydrogens (tertiary/aromatic N) is 5. The highest BCUT2D eigenvalue weighted by Gasteiger charge is 2.28. The van der Waals surface area contributed by atoms with Gasteiger partial charge < -0.3 is 13.7 Å². The Morgan fingerprint density at radius 1 is 1.00 bits per heavy atom. The van der Waals surface area contributed by atoms with Crippen LogP contribution in [0.25, 0.3) is 27.9 Å². The molecule has 1 aliphatic heterocycles. The maximum Gasteiger partial charge on any atom is 0.344 e. The Balaban J connectivity index is 1.30. The van der Waals surface area contributed by atoms with Crippen molar-refractivity contribution in [1.82, 2.24) is 19.3 Å². The molecule has 6 rings (SSSR count). The van der Waals surface area contributed by atoms with E-state index in [-0.39, 0.29) is 5.63 Å². The van der Waals surface area contributed by atoms with Crippen LogP contribution in [0.2, 0.25) is 0 Å². The molecule has 1 saturated carbocycles. The van der Waals surface area contributed by atoms with E-state index in [0.717, 1.165) is 60.3 Å². The van der Waals surface area contributed by atoms with E-state index in [2.05, 4.69) is 25.8 Å². The zero-order valence-electron chi connectivity index (χ0n) is 18.5. The summed E-state index contributed by atoms with van der Waals surface area (Å²) in [5.74, 6) is 0.477. The summed E-state index contributed by atoms with van der Waals surface area (Å²) in [5.41, 5.74) is 3.94. The van der Waals surface area contributed by atoms with Gasteiger partial charge in [0.15, 0.2) is 11.4 Å². The second kappa shape index (κ2) is 7.45. The molecule has 0 unspecified atom stereocenters. The van der Waals surface area contributed by atoms with Crippen molar-refractivity contribution in [3.8, 4) is 11.5 Å². The Hall–Kier alpha value is -3.19. The van der Waals surface area contributed by atoms with Gasteiger partial charge >= 0.3 is 5.63 Å². The Bertz CT molecular complexity index is 1380. The van der Waals surface area contributed by atoms with E-state index in [1.54, 1.807) is 0 Å². The third-order valence-electron chi connectivity index (χ3n) is 6.99. The van der Waals surface area contributed by atoms with E-state index < -0.39 is 0 Å². The van der Waals surface area contributed by atoms with Gasteiger partial charge in [-0.1, -0.05) is 12.5 Å². The molecule has 0 spiro atoms. The molecule has 7 heteroatoms. The molecule has 7 nitrogen and oxygen atoms in total. The molecule has 0 N–H and O–H groups in total. The van der Waals surface area contributed by atoms with Crippen LogP contribution in [0, 0.1) is 13.8 Å². The summed E-state index contributed by atoms with van der Waals surface area (Å²) < 4.78 is 7.64. The van der Waals surface area contributed by atoms with Gasteiger partial charge in [-0.05, 0) is 50.3 Å². The lowest BCUT2D eigenvalue weighted by Gasteiger charge is -2.43. The molecular weight excluding hydrogens is 402 g/mol. The summed E-state index contributed by atoms with van der Waals surface area (Å²) in [6.45, 7) is 8.07.